The monoisotopic (exact) mass is 427 g/mol. The number of rotatable bonds is 7. The average Bonchev–Trinajstić information content (AvgIpc) is 3.09. The molecule has 166 valence electrons. The number of aryl methyl sites for hydroxylation is 2. The van der Waals surface area contributed by atoms with Crippen LogP contribution in [0, 0.1) is 5.41 Å². The Labute approximate surface area is 191 Å². The van der Waals surface area contributed by atoms with Gasteiger partial charge in [0.2, 0.25) is 0 Å². The van der Waals surface area contributed by atoms with Crippen LogP contribution in [0.4, 0.5) is 5.69 Å². The summed E-state index contributed by atoms with van der Waals surface area (Å²) >= 11 is 0. The Morgan fingerprint density at radius 1 is 0.906 bits per heavy atom. The van der Waals surface area contributed by atoms with Crippen molar-refractivity contribution in [1.29, 1.82) is 5.41 Å². The Morgan fingerprint density at radius 2 is 1.62 bits per heavy atom. The number of hydrogen-bond acceptors (Lipinski definition) is 3. The molecule has 4 N–H and O–H groups in total. The molecular weight excluding hydrogens is 394 g/mol. The van der Waals surface area contributed by atoms with Crippen molar-refractivity contribution in [3.63, 3.8) is 0 Å². The second-order valence-corrected chi connectivity index (χ2v) is 8.75. The van der Waals surface area contributed by atoms with Gasteiger partial charge in [-0.2, -0.15) is 0 Å². The number of hydrogen-bond donors (Lipinski definition) is 3. The van der Waals surface area contributed by atoms with E-state index in [1.165, 1.54) is 44.1 Å². The van der Waals surface area contributed by atoms with E-state index in [-0.39, 0.29) is 5.96 Å². The smallest absolute Gasteiger partial charge is 0.190 e. The molecular formula is C27H33N5. The summed E-state index contributed by atoms with van der Waals surface area (Å²) in [5.74, 6) is 1.42. The first-order valence-electron chi connectivity index (χ1n) is 11.8. The molecule has 0 unspecified atom stereocenters. The van der Waals surface area contributed by atoms with E-state index in [9.17, 15) is 0 Å². The minimum atomic E-state index is -0.0591. The van der Waals surface area contributed by atoms with Crippen molar-refractivity contribution in [2.75, 3.05) is 5.32 Å². The lowest BCUT2D eigenvalue weighted by molar-refractivity contribution is 0.557. The average molecular weight is 428 g/mol. The number of nitrogens with one attached hydrogen (secondary N) is 2. The SMILES string of the molecule is N=C(N)Nc1ccc(-c2cc(CCCc3ccccc3)nc(C3CCCCCC3)n2)cc1. The van der Waals surface area contributed by atoms with Gasteiger partial charge in [0.25, 0.3) is 0 Å². The molecule has 0 amide bonds. The van der Waals surface area contributed by atoms with E-state index >= 15 is 0 Å². The summed E-state index contributed by atoms with van der Waals surface area (Å²) in [5.41, 5.74) is 10.8. The van der Waals surface area contributed by atoms with Gasteiger partial charge in [0.05, 0.1) is 5.69 Å². The quantitative estimate of drug-likeness (QED) is 0.243. The van der Waals surface area contributed by atoms with Gasteiger partial charge in [0, 0.05) is 22.9 Å². The summed E-state index contributed by atoms with van der Waals surface area (Å²) in [6, 6.07) is 20.8. The normalized spacial score (nSPS) is 14.6. The first-order chi connectivity index (χ1) is 15.7. The number of guanidine groups is 1. The fourth-order valence-corrected chi connectivity index (χ4v) is 4.51. The Hall–Kier alpha value is -3.21. The number of nitrogens with zero attached hydrogens (tertiary/aromatic N) is 2. The van der Waals surface area contributed by atoms with E-state index in [1.54, 1.807) is 0 Å². The van der Waals surface area contributed by atoms with Gasteiger partial charge in [-0.15, -0.1) is 0 Å². The van der Waals surface area contributed by atoms with Crippen molar-refractivity contribution in [3.8, 4) is 11.3 Å². The Balaban J connectivity index is 1.57. The summed E-state index contributed by atoms with van der Waals surface area (Å²) in [7, 11) is 0. The van der Waals surface area contributed by atoms with Crippen LogP contribution in [0.2, 0.25) is 0 Å². The number of nitrogens with two attached hydrogens (primary N) is 1. The minimum Gasteiger partial charge on any atom is -0.370 e. The number of benzene rings is 2. The number of anilines is 1. The minimum absolute atomic E-state index is 0.0591. The molecule has 3 aromatic rings. The molecule has 0 atom stereocenters. The van der Waals surface area contributed by atoms with Gasteiger partial charge in [0.1, 0.15) is 5.82 Å². The standard InChI is InChI=1S/C27H33N5/c28-27(29)31-23-17-15-21(16-18-23)25-19-24(14-8-11-20-9-4-3-5-10-20)30-26(32-25)22-12-6-1-2-7-13-22/h3-5,9-10,15-19,22H,1-2,6-8,11-14H2,(H4,28,29,31). The third-order valence-electron chi connectivity index (χ3n) is 6.22. The highest BCUT2D eigenvalue weighted by Crippen LogP contribution is 2.31. The fraction of sp³-hybridized carbons (Fsp3) is 0.370. The molecule has 2 aromatic carbocycles. The van der Waals surface area contributed by atoms with Crippen LogP contribution in [0.25, 0.3) is 11.3 Å². The molecule has 1 fully saturated rings. The van der Waals surface area contributed by atoms with E-state index < -0.39 is 0 Å². The zero-order chi connectivity index (χ0) is 22.2. The van der Waals surface area contributed by atoms with Gasteiger partial charge in [-0.3, -0.25) is 5.41 Å². The Bertz CT molecular complexity index is 1010. The molecule has 0 radical (unpaired) electrons. The third kappa shape index (κ3) is 6.16. The largest absolute Gasteiger partial charge is 0.370 e. The topological polar surface area (TPSA) is 87.7 Å². The van der Waals surface area contributed by atoms with Gasteiger partial charge < -0.3 is 11.1 Å². The molecule has 0 bridgehead atoms. The summed E-state index contributed by atoms with van der Waals surface area (Å²) in [4.78, 5) is 10.1. The molecule has 5 nitrogen and oxygen atoms in total. The molecule has 4 rings (SSSR count). The highest BCUT2D eigenvalue weighted by atomic mass is 15.0. The Kier molecular flexibility index (Phi) is 7.49. The lowest BCUT2D eigenvalue weighted by atomic mass is 9.98. The summed E-state index contributed by atoms with van der Waals surface area (Å²) < 4.78 is 0. The predicted octanol–water partition coefficient (Wildman–Crippen LogP) is 6.06. The lowest BCUT2D eigenvalue weighted by Crippen LogP contribution is -2.20. The van der Waals surface area contributed by atoms with E-state index in [4.69, 9.17) is 21.1 Å². The van der Waals surface area contributed by atoms with Crippen molar-refractivity contribution in [2.24, 2.45) is 5.73 Å². The first-order valence-corrected chi connectivity index (χ1v) is 11.8. The zero-order valence-corrected chi connectivity index (χ0v) is 18.7. The molecule has 1 saturated carbocycles. The molecule has 1 aliphatic rings. The molecule has 0 spiro atoms. The summed E-state index contributed by atoms with van der Waals surface area (Å²) in [6.45, 7) is 0. The molecule has 0 saturated heterocycles. The van der Waals surface area contributed by atoms with Crippen LogP contribution in [0.1, 0.15) is 67.9 Å². The maximum absolute atomic E-state index is 7.41. The number of aromatic nitrogens is 2. The van der Waals surface area contributed by atoms with Crippen LogP contribution in [0.15, 0.2) is 60.7 Å². The first kappa shape index (κ1) is 22.0. The Morgan fingerprint density at radius 3 is 2.31 bits per heavy atom. The summed E-state index contributed by atoms with van der Waals surface area (Å²) in [5, 5.41) is 10.2. The second-order valence-electron chi connectivity index (χ2n) is 8.75. The van der Waals surface area contributed by atoms with Crippen molar-refractivity contribution in [2.45, 2.75) is 63.7 Å². The molecule has 5 heteroatoms. The van der Waals surface area contributed by atoms with Crippen LogP contribution in [0.3, 0.4) is 0 Å². The predicted molar refractivity (Wildman–Crippen MR) is 132 cm³/mol. The molecule has 0 aliphatic heterocycles. The van der Waals surface area contributed by atoms with Gasteiger partial charge in [-0.25, -0.2) is 9.97 Å². The van der Waals surface area contributed by atoms with Crippen LogP contribution < -0.4 is 11.1 Å². The summed E-state index contributed by atoms with van der Waals surface area (Å²) in [6.07, 6.45) is 10.7. The molecule has 1 aromatic heterocycles. The van der Waals surface area contributed by atoms with Crippen molar-refractivity contribution < 1.29 is 0 Å². The highest BCUT2D eigenvalue weighted by Gasteiger charge is 2.19. The lowest BCUT2D eigenvalue weighted by Gasteiger charge is -2.16. The van der Waals surface area contributed by atoms with Crippen molar-refractivity contribution >= 4 is 11.6 Å². The fourth-order valence-electron chi connectivity index (χ4n) is 4.51. The highest BCUT2D eigenvalue weighted by molar-refractivity contribution is 5.89. The van der Waals surface area contributed by atoms with Crippen LogP contribution >= 0.6 is 0 Å². The third-order valence-corrected chi connectivity index (χ3v) is 6.22. The second kappa shape index (κ2) is 10.9. The van der Waals surface area contributed by atoms with E-state index in [2.05, 4.69) is 41.7 Å². The van der Waals surface area contributed by atoms with Crippen LogP contribution in [0.5, 0.6) is 0 Å². The van der Waals surface area contributed by atoms with Gasteiger partial charge >= 0.3 is 0 Å². The van der Waals surface area contributed by atoms with E-state index in [0.29, 0.717) is 5.92 Å². The zero-order valence-electron chi connectivity index (χ0n) is 18.7. The van der Waals surface area contributed by atoms with Gasteiger partial charge in [0.15, 0.2) is 5.96 Å². The van der Waals surface area contributed by atoms with Crippen LogP contribution in [-0.2, 0) is 12.8 Å². The van der Waals surface area contributed by atoms with Crippen molar-refractivity contribution in [1.82, 2.24) is 9.97 Å². The maximum Gasteiger partial charge on any atom is 0.190 e. The van der Waals surface area contributed by atoms with Crippen LogP contribution in [-0.4, -0.2) is 15.9 Å². The van der Waals surface area contributed by atoms with Gasteiger partial charge in [-0.1, -0.05) is 68.1 Å². The molecule has 32 heavy (non-hydrogen) atoms. The van der Waals surface area contributed by atoms with E-state index in [0.717, 1.165) is 47.7 Å². The maximum atomic E-state index is 7.41. The molecule has 1 heterocycles. The van der Waals surface area contributed by atoms with Crippen molar-refractivity contribution in [3.05, 3.63) is 77.7 Å². The van der Waals surface area contributed by atoms with Gasteiger partial charge in [-0.05, 0) is 55.9 Å². The van der Waals surface area contributed by atoms with E-state index in [1.807, 2.05) is 24.3 Å². The molecule has 1 aliphatic carbocycles.